The molecule has 0 aliphatic heterocycles. The highest BCUT2D eigenvalue weighted by molar-refractivity contribution is 8.01. The number of nitrogens with zero attached hydrogens (tertiary/aromatic N) is 4. The highest BCUT2D eigenvalue weighted by atomic mass is 35.5. The van der Waals surface area contributed by atoms with Crippen molar-refractivity contribution in [3.8, 4) is 6.07 Å². The normalized spacial score (nSPS) is 10.2. The zero-order valence-electron chi connectivity index (χ0n) is 13.2. The summed E-state index contributed by atoms with van der Waals surface area (Å²) in [5.41, 5.74) is 1.85. The van der Waals surface area contributed by atoms with Gasteiger partial charge in [0.15, 0.2) is 4.34 Å². The molecule has 0 atom stereocenters. The van der Waals surface area contributed by atoms with Crippen molar-refractivity contribution in [2.24, 2.45) is 0 Å². The molecule has 24 heavy (non-hydrogen) atoms. The number of carbonyl (C=O) groups excluding carboxylic acids is 1. The maximum atomic E-state index is 11.9. The van der Waals surface area contributed by atoms with Gasteiger partial charge in [0.05, 0.1) is 18.2 Å². The molecule has 0 saturated heterocycles. The zero-order chi connectivity index (χ0) is 17.5. The molecule has 0 aliphatic carbocycles. The van der Waals surface area contributed by atoms with Gasteiger partial charge in [0.25, 0.3) is 0 Å². The van der Waals surface area contributed by atoms with E-state index in [2.05, 4.69) is 15.5 Å². The summed E-state index contributed by atoms with van der Waals surface area (Å²) in [6, 6.07) is 7.70. The van der Waals surface area contributed by atoms with Crippen LogP contribution in [0.4, 0.5) is 10.8 Å². The van der Waals surface area contributed by atoms with Gasteiger partial charge in [-0.15, -0.1) is 10.2 Å². The lowest BCUT2D eigenvalue weighted by atomic mass is 10.2. The standard InChI is InChI=1S/C15H16ClN5OS2/c1-10-4-5-11(8-12(10)16)18-14-19-20-15(24-14)23-9-13(22)21(2)7-3-6-17/h4-5,8H,3,7,9H2,1-2H3,(H,18,19). The highest BCUT2D eigenvalue weighted by Crippen LogP contribution is 2.29. The molecule has 0 aliphatic rings. The maximum absolute atomic E-state index is 11.9. The number of hydrogen-bond acceptors (Lipinski definition) is 7. The topological polar surface area (TPSA) is 81.9 Å². The molecule has 1 amide bonds. The van der Waals surface area contributed by atoms with Gasteiger partial charge in [-0.05, 0) is 24.6 Å². The van der Waals surface area contributed by atoms with Crippen LogP contribution >= 0.6 is 34.7 Å². The first-order chi connectivity index (χ1) is 11.5. The predicted octanol–water partition coefficient (Wildman–Crippen LogP) is 3.71. The van der Waals surface area contributed by atoms with Crippen LogP contribution in [0.2, 0.25) is 5.02 Å². The van der Waals surface area contributed by atoms with E-state index in [1.54, 1.807) is 11.9 Å². The Morgan fingerprint density at radius 2 is 2.29 bits per heavy atom. The zero-order valence-corrected chi connectivity index (χ0v) is 15.6. The van der Waals surface area contributed by atoms with Crippen LogP contribution in [0, 0.1) is 18.3 Å². The van der Waals surface area contributed by atoms with Gasteiger partial charge in [-0.2, -0.15) is 5.26 Å². The first-order valence-electron chi connectivity index (χ1n) is 7.10. The number of anilines is 2. The summed E-state index contributed by atoms with van der Waals surface area (Å²) in [4.78, 5) is 13.5. The van der Waals surface area contributed by atoms with Gasteiger partial charge in [0.2, 0.25) is 11.0 Å². The number of amides is 1. The summed E-state index contributed by atoms with van der Waals surface area (Å²) in [5.74, 6) is 0.234. The minimum Gasteiger partial charge on any atom is -0.344 e. The van der Waals surface area contributed by atoms with Crippen LogP contribution in [0.25, 0.3) is 0 Å². The van der Waals surface area contributed by atoms with E-state index in [9.17, 15) is 4.79 Å². The lowest BCUT2D eigenvalue weighted by Crippen LogP contribution is -2.29. The summed E-state index contributed by atoms with van der Waals surface area (Å²) >= 11 is 8.80. The van der Waals surface area contributed by atoms with Gasteiger partial charge < -0.3 is 10.2 Å². The van der Waals surface area contributed by atoms with E-state index in [1.807, 2.05) is 31.2 Å². The Morgan fingerprint density at radius 1 is 1.50 bits per heavy atom. The second-order valence-corrected chi connectivity index (χ2v) is 7.58. The van der Waals surface area contributed by atoms with Crippen LogP contribution in [-0.4, -0.2) is 40.3 Å². The van der Waals surface area contributed by atoms with Crippen molar-refractivity contribution in [1.82, 2.24) is 15.1 Å². The lowest BCUT2D eigenvalue weighted by molar-refractivity contribution is -0.127. The second kappa shape index (κ2) is 8.87. The summed E-state index contributed by atoms with van der Waals surface area (Å²) in [7, 11) is 1.69. The SMILES string of the molecule is Cc1ccc(Nc2nnc(SCC(=O)N(C)CCC#N)s2)cc1Cl. The minimum atomic E-state index is -0.0368. The minimum absolute atomic E-state index is 0.0368. The van der Waals surface area contributed by atoms with Crippen LogP contribution in [0.5, 0.6) is 0 Å². The molecule has 1 aromatic carbocycles. The number of hydrogen-bond donors (Lipinski definition) is 1. The van der Waals surface area contributed by atoms with Crippen LogP contribution in [0.3, 0.4) is 0 Å². The van der Waals surface area contributed by atoms with Crippen molar-refractivity contribution in [2.45, 2.75) is 17.7 Å². The van der Waals surface area contributed by atoms with E-state index in [4.69, 9.17) is 16.9 Å². The smallest absolute Gasteiger partial charge is 0.232 e. The van der Waals surface area contributed by atoms with E-state index >= 15 is 0 Å². The Morgan fingerprint density at radius 3 is 3.00 bits per heavy atom. The largest absolute Gasteiger partial charge is 0.344 e. The first-order valence-corrected chi connectivity index (χ1v) is 9.28. The molecular weight excluding hydrogens is 366 g/mol. The van der Waals surface area contributed by atoms with Crippen LogP contribution in [0.1, 0.15) is 12.0 Å². The van der Waals surface area contributed by atoms with E-state index < -0.39 is 0 Å². The molecule has 2 aromatic rings. The van der Waals surface area contributed by atoms with Crippen molar-refractivity contribution in [3.05, 3.63) is 28.8 Å². The van der Waals surface area contributed by atoms with Crippen LogP contribution in [0.15, 0.2) is 22.5 Å². The first kappa shape index (κ1) is 18.5. The van der Waals surface area contributed by atoms with Gasteiger partial charge in [-0.1, -0.05) is 40.8 Å². The van der Waals surface area contributed by atoms with Gasteiger partial charge in [-0.3, -0.25) is 4.79 Å². The Bertz CT molecular complexity index is 759. The van der Waals surface area contributed by atoms with Crippen molar-refractivity contribution in [2.75, 3.05) is 24.7 Å². The number of nitrogens with one attached hydrogen (secondary N) is 1. The summed E-state index contributed by atoms with van der Waals surface area (Å²) in [6.45, 7) is 2.38. The number of nitriles is 1. The fourth-order valence-corrected chi connectivity index (χ4v) is 3.58. The number of benzene rings is 1. The molecule has 0 spiro atoms. The molecule has 0 bridgehead atoms. The molecule has 1 heterocycles. The molecule has 1 aromatic heterocycles. The lowest BCUT2D eigenvalue weighted by Gasteiger charge is -2.14. The molecular formula is C15H16ClN5OS2. The average Bonchev–Trinajstić information content (AvgIpc) is 3.01. The average molecular weight is 382 g/mol. The summed E-state index contributed by atoms with van der Waals surface area (Å²) in [5, 5.41) is 21.1. The molecule has 9 heteroatoms. The van der Waals surface area contributed by atoms with Gasteiger partial charge in [0.1, 0.15) is 0 Å². The van der Waals surface area contributed by atoms with Gasteiger partial charge in [0, 0.05) is 24.3 Å². The Labute approximate surface area is 153 Å². The van der Waals surface area contributed by atoms with E-state index in [0.717, 1.165) is 11.3 Å². The highest BCUT2D eigenvalue weighted by Gasteiger charge is 2.12. The second-order valence-electron chi connectivity index (χ2n) is 4.97. The molecule has 2 rings (SSSR count). The number of halogens is 1. The Balaban J connectivity index is 1.88. The molecule has 6 nitrogen and oxygen atoms in total. The molecule has 0 saturated carbocycles. The molecule has 0 unspecified atom stereocenters. The fourth-order valence-electron chi connectivity index (χ4n) is 1.69. The van der Waals surface area contributed by atoms with Crippen LogP contribution < -0.4 is 5.32 Å². The number of aryl methyl sites for hydroxylation is 1. The van der Waals surface area contributed by atoms with Crippen molar-refractivity contribution in [3.63, 3.8) is 0 Å². The Kier molecular flexibility index (Phi) is 6.85. The molecule has 1 N–H and O–H groups in total. The molecule has 0 radical (unpaired) electrons. The van der Waals surface area contributed by atoms with E-state index in [0.29, 0.717) is 27.5 Å². The fraction of sp³-hybridized carbons (Fsp3) is 0.333. The monoisotopic (exact) mass is 381 g/mol. The van der Waals surface area contributed by atoms with E-state index in [-0.39, 0.29) is 11.7 Å². The van der Waals surface area contributed by atoms with Crippen LogP contribution in [-0.2, 0) is 4.79 Å². The third kappa shape index (κ3) is 5.37. The number of aromatic nitrogens is 2. The van der Waals surface area contributed by atoms with Crippen molar-refractivity contribution >= 4 is 51.4 Å². The number of thioether (sulfide) groups is 1. The molecule has 0 fully saturated rings. The number of rotatable bonds is 7. The van der Waals surface area contributed by atoms with E-state index in [1.165, 1.54) is 23.1 Å². The third-order valence-electron chi connectivity index (χ3n) is 3.13. The quantitative estimate of drug-likeness (QED) is 0.736. The van der Waals surface area contributed by atoms with Gasteiger partial charge >= 0.3 is 0 Å². The summed E-state index contributed by atoms with van der Waals surface area (Å²) < 4.78 is 0.706. The summed E-state index contributed by atoms with van der Waals surface area (Å²) in [6.07, 6.45) is 0.332. The molecule has 126 valence electrons. The van der Waals surface area contributed by atoms with Crippen molar-refractivity contribution in [1.29, 1.82) is 5.26 Å². The predicted molar refractivity (Wildman–Crippen MR) is 98.0 cm³/mol. The third-order valence-corrected chi connectivity index (χ3v) is 5.50. The number of carbonyl (C=O) groups is 1. The maximum Gasteiger partial charge on any atom is 0.232 e. The van der Waals surface area contributed by atoms with Gasteiger partial charge in [-0.25, -0.2) is 0 Å². The Hall–Kier alpha value is -1.82. The van der Waals surface area contributed by atoms with Crippen molar-refractivity contribution < 1.29 is 4.79 Å².